The Labute approximate surface area is 71.7 Å². The monoisotopic (exact) mass is 154 g/mol. The highest BCUT2D eigenvalue weighted by atomic mass is 14.3. The molecule has 0 nitrogen and oxygen atoms in total. The summed E-state index contributed by atoms with van der Waals surface area (Å²) in [7, 11) is 0. The van der Waals surface area contributed by atoms with Gasteiger partial charge in [-0.2, -0.15) is 0 Å². The average Bonchev–Trinajstić information content (AvgIpc) is 2.00. The highest BCUT2D eigenvalue weighted by molar-refractivity contribution is 4.93. The summed E-state index contributed by atoms with van der Waals surface area (Å²) in [6.45, 7) is 13.0. The Morgan fingerprint density at radius 1 is 1.45 bits per heavy atom. The first-order valence-corrected chi connectivity index (χ1v) is 4.70. The van der Waals surface area contributed by atoms with Gasteiger partial charge < -0.3 is 0 Å². The summed E-state index contributed by atoms with van der Waals surface area (Å²) in [6, 6.07) is 0. The van der Waals surface area contributed by atoms with Gasteiger partial charge in [-0.25, -0.2) is 0 Å². The number of hydrogen-bond acceptors (Lipinski definition) is 0. The van der Waals surface area contributed by atoms with Crippen LogP contribution in [-0.4, -0.2) is 0 Å². The van der Waals surface area contributed by atoms with Crippen molar-refractivity contribution in [3.8, 4) is 0 Å². The molecule has 0 saturated carbocycles. The van der Waals surface area contributed by atoms with Gasteiger partial charge in [-0.1, -0.05) is 46.6 Å². The van der Waals surface area contributed by atoms with Crippen LogP contribution in [0.4, 0.5) is 0 Å². The Hall–Kier alpha value is -0.260. The molecule has 0 N–H and O–H groups in total. The Kier molecular flexibility index (Phi) is 4.48. The molecule has 0 bridgehead atoms. The number of hydrogen-bond donors (Lipinski definition) is 0. The van der Waals surface area contributed by atoms with Gasteiger partial charge in [0, 0.05) is 0 Å². The summed E-state index contributed by atoms with van der Waals surface area (Å²) in [5, 5.41) is 0. The minimum atomic E-state index is 0.357. The maximum atomic E-state index is 3.91. The first-order valence-electron chi connectivity index (χ1n) is 4.70. The van der Waals surface area contributed by atoms with Crippen LogP contribution >= 0.6 is 0 Å². The smallest absolute Gasteiger partial charge is 0.0126 e. The predicted octanol–water partition coefficient (Wildman–Crippen LogP) is 4.02. The Bertz CT molecular complexity index is 113. The van der Waals surface area contributed by atoms with Gasteiger partial charge in [-0.3, -0.25) is 0 Å². The Morgan fingerprint density at radius 2 is 2.00 bits per heavy atom. The second-order valence-corrected chi connectivity index (χ2v) is 3.97. The molecule has 0 aliphatic heterocycles. The lowest BCUT2D eigenvalue weighted by atomic mass is 9.75. The van der Waals surface area contributed by atoms with Gasteiger partial charge in [0.25, 0.3) is 0 Å². The van der Waals surface area contributed by atoms with Crippen molar-refractivity contribution in [3.05, 3.63) is 12.7 Å². The number of rotatable bonds is 5. The summed E-state index contributed by atoms with van der Waals surface area (Å²) in [4.78, 5) is 0. The molecule has 0 rings (SSSR count). The minimum Gasteiger partial charge on any atom is -0.103 e. The topological polar surface area (TPSA) is 0 Å². The maximum Gasteiger partial charge on any atom is -0.0126 e. The fraction of sp³-hybridized carbons (Fsp3) is 0.818. The van der Waals surface area contributed by atoms with E-state index in [9.17, 15) is 0 Å². The molecule has 0 saturated heterocycles. The van der Waals surface area contributed by atoms with Gasteiger partial charge in [-0.15, -0.1) is 6.58 Å². The summed E-state index contributed by atoms with van der Waals surface area (Å²) in [6.07, 6.45) is 6.01. The van der Waals surface area contributed by atoms with Crippen molar-refractivity contribution in [2.75, 3.05) is 0 Å². The van der Waals surface area contributed by atoms with E-state index >= 15 is 0 Å². The van der Waals surface area contributed by atoms with Gasteiger partial charge in [0.05, 0.1) is 0 Å². The van der Waals surface area contributed by atoms with Crippen LogP contribution in [-0.2, 0) is 0 Å². The lowest BCUT2D eigenvalue weighted by molar-refractivity contribution is 0.268. The molecule has 0 aliphatic rings. The van der Waals surface area contributed by atoms with Crippen LogP contribution in [0.1, 0.15) is 47.0 Å². The van der Waals surface area contributed by atoms with Crippen LogP contribution < -0.4 is 0 Å². The van der Waals surface area contributed by atoms with Gasteiger partial charge in [0.15, 0.2) is 0 Å². The van der Waals surface area contributed by atoms with Crippen molar-refractivity contribution in [2.45, 2.75) is 47.0 Å². The highest BCUT2D eigenvalue weighted by Gasteiger charge is 2.23. The zero-order valence-electron chi connectivity index (χ0n) is 8.48. The summed E-state index contributed by atoms with van der Waals surface area (Å²) in [5.41, 5.74) is 0.357. The molecule has 0 fully saturated rings. The van der Waals surface area contributed by atoms with E-state index in [0.29, 0.717) is 11.3 Å². The average molecular weight is 154 g/mol. The van der Waals surface area contributed by atoms with Gasteiger partial charge in [0.1, 0.15) is 0 Å². The summed E-state index contributed by atoms with van der Waals surface area (Å²) >= 11 is 0. The third kappa shape index (κ3) is 3.09. The van der Waals surface area contributed by atoms with Crippen LogP contribution in [0, 0.1) is 11.3 Å². The van der Waals surface area contributed by atoms with Crippen molar-refractivity contribution >= 4 is 0 Å². The standard InChI is InChI=1S/C11H22/c1-6-8-9-11(5,7-2)10(3)4/h7,10H,2,6,8-9H2,1,3-5H3. The van der Waals surface area contributed by atoms with Crippen molar-refractivity contribution in [2.24, 2.45) is 11.3 Å². The Morgan fingerprint density at radius 3 is 2.27 bits per heavy atom. The summed E-state index contributed by atoms with van der Waals surface area (Å²) < 4.78 is 0. The largest absolute Gasteiger partial charge is 0.103 e. The normalized spacial score (nSPS) is 16.5. The molecule has 0 amide bonds. The molecule has 0 spiro atoms. The van der Waals surface area contributed by atoms with Gasteiger partial charge >= 0.3 is 0 Å². The van der Waals surface area contributed by atoms with E-state index in [0.717, 1.165) is 0 Å². The SMILES string of the molecule is C=CC(C)(CCCC)C(C)C. The molecule has 1 atom stereocenters. The molecule has 66 valence electrons. The Balaban J connectivity index is 3.99. The van der Waals surface area contributed by atoms with E-state index < -0.39 is 0 Å². The maximum absolute atomic E-state index is 3.91. The third-order valence-electron chi connectivity index (χ3n) is 2.85. The molecule has 0 aliphatic carbocycles. The highest BCUT2D eigenvalue weighted by Crippen LogP contribution is 2.33. The fourth-order valence-corrected chi connectivity index (χ4v) is 1.18. The second-order valence-electron chi connectivity index (χ2n) is 3.97. The first-order chi connectivity index (χ1) is 5.06. The molecule has 0 aromatic rings. The van der Waals surface area contributed by atoms with Crippen molar-refractivity contribution in [1.29, 1.82) is 0 Å². The molecule has 0 radical (unpaired) electrons. The van der Waals surface area contributed by atoms with E-state index in [1.165, 1.54) is 19.3 Å². The molecule has 11 heavy (non-hydrogen) atoms. The first kappa shape index (κ1) is 10.7. The lowest BCUT2D eigenvalue weighted by Crippen LogP contribution is -2.20. The molecule has 0 aromatic carbocycles. The lowest BCUT2D eigenvalue weighted by Gasteiger charge is -2.30. The van der Waals surface area contributed by atoms with Crippen molar-refractivity contribution in [3.63, 3.8) is 0 Å². The van der Waals surface area contributed by atoms with E-state index in [2.05, 4.69) is 40.3 Å². The van der Waals surface area contributed by atoms with Gasteiger partial charge in [0.2, 0.25) is 0 Å². The van der Waals surface area contributed by atoms with Crippen LogP contribution in [0.2, 0.25) is 0 Å². The van der Waals surface area contributed by atoms with E-state index in [4.69, 9.17) is 0 Å². The van der Waals surface area contributed by atoms with Crippen LogP contribution in [0.3, 0.4) is 0 Å². The van der Waals surface area contributed by atoms with E-state index in [-0.39, 0.29) is 0 Å². The number of unbranched alkanes of at least 4 members (excludes halogenated alkanes) is 1. The predicted molar refractivity (Wildman–Crippen MR) is 52.7 cm³/mol. The van der Waals surface area contributed by atoms with Gasteiger partial charge in [-0.05, 0) is 17.8 Å². The third-order valence-corrected chi connectivity index (χ3v) is 2.85. The fourth-order valence-electron chi connectivity index (χ4n) is 1.18. The molecular formula is C11H22. The molecule has 0 aromatic heterocycles. The summed E-state index contributed by atoms with van der Waals surface area (Å²) in [5.74, 6) is 0.714. The van der Waals surface area contributed by atoms with Crippen molar-refractivity contribution < 1.29 is 0 Å². The molecule has 1 unspecified atom stereocenters. The molecule has 0 heteroatoms. The van der Waals surface area contributed by atoms with E-state index in [1.54, 1.807) is 0 Å². The van der Waals surface area contributed by atoms with Crippen molar-refractivity contribution in [1.82, 2.24) is 0 Å². The minimum absolute atomic E-state index is 0.357. The molecular weight excluding hydrogens is 132 g/mol. The zero-order chi connectivity index (χ0) is 8.91. The second kappa shape index (κ2) is 4.58. The number of allylic oxidation sites excluding steroid dienone is 1. The van der Waals surface area contributed by atoms with E-state index in [1.807, 2.05) is 0 Å². The zero-order valence-corrected chi connectivity index (χ0v) is 8.48. The molecule has 0 heterocycles. The van der Waals surface area contributed by atoms with Crippen LogP contribution in [0.5, 0.6) is 0 Å². The van der Waals surface area contributed by atoms with Crippen LogP contribution in [0.25, 0.3) is 0 Å². The van der Waals surface area contributed by atoms with Crippen LogP contribution in [0.15, 0.2) is 12.7 Å². The quantitative estimate of drug-likeness (QED) is 0.524.